The fourth-order valence-corrected chi connectivity index (χ4v) is 5.07. The number of halogens is 2. The Bertz CT molecular complexity index is 1140. The van der Waals surface area contributed by atoms with E-state index in [9.17, 15) is 10.2 Å². The van der Waals surface area contributed by atoms with E-state index in [1.54, 1.807) is 12.1 Å². The molecule has 1 aliphatic rings. The summed E-state index contributed by atoms with van der Waals surface area (Å²) >= 11 is 9.93. The highest BCUT2D eigenvalue weighted by atomic mass is 79.9. The lowest BCUT2D eigenvalue weighted by Crippen LogP contribution is -2.44. The van der Waals surface area contributed by atoms with Gasteiger partial charge in [-0.05, 0) is 46.5 Å². The summed E-state index contributed by atoms with van der Waals surface area (Å²) in [5.74, 6) is 0. The lowest BCUT2D eigenvalue weighted by molar-refractivity contribution is 0.0747. The number of hydrogen-bond acceptors (Lipinski definition) is 2. The summed E-state index contributed by atoms with van der Waals surface area (Å²) in [6, 6.07) is 30.0. The van der Waals surface area contributed by atoms with Crippen LogP contribution < -0.4 is 0 Å². The highest BCUT2D eigenvalue weighted by molar-refractivity contribution is 9.10. The molecule has 0 amide bonds. The van der Waals surface area contributed by atoms with Crippen LogP contribution in [0.25, 0.3) is 0 Å². The van der Waals surface area contributed by atoms with Crippen LogP contribution in [0.2, 0.25) is 5.02 Å². The predicted octanol–water partition coefficient (Wildman–Crippen LogP) is 5.98. The SMILES string of the molecule is OC1(c2ccccc2)c2ccc(Br)cc2C(O)(c2ccccc2)c2ccc(Cl)cc21. The van der Waals surface area contributed by atoms with Gasteiger partial charge < -0.3 is 10.2 Å². The van der Waals surface area contributed by atoms with E-state index in [0.717, 1.165) is 10.0 Å². The first-order valence-corrected chi connectivity index (χ1v) is 10.8. The summed E-state index contributed by atoms with van der Waals surface area (Å²) in [5, 5.41) is 25.0. The van der Waals surface area contributed by atoms with Crippen molar-refractivity contribution in [3.63, 3.8) is 0 Å². The van der Waals surface area contributed by atoms with E-state index in [1.807, 2.05) is 84.9 Å². The van der Waals surface area contributed by atoms with E-state index in [-0.39, 0.29) is 0 Å². The Morgan fingerprint density at radius 3 is 1.57 bits per heavy atom. The van der Waals surface area contributed by atoms with Gasteiger partial charge in [0.15, 0.2) is 0 Å². The third-order valence-corrected chi connectivity index (χ3v) is 6.63. The minimum Gasteiger partial charge on any atom is -0.376 e. The molecule has 0 spiro atoms. The number of fused-ring (bicyclic) bond motifs is 2. The van der Waals surface area contributed by atoms with Crippen LogP contribution in [-0.2, 0) is 11.2 Å². The third-order valence-electron chi connectivity index (χ3n) is 5.91. The first-order valence-electron chi connectivity index (χ1n) is 9.62. The summed E-state index contributed by atoms with van der Waals surface area (Å²) in [5.41, 5.74) is 0.967. The van der Waals surface area contributed by atoms with Crippen LogP contribution in [-0.4, -0.2) is 10.2 Å². The van der Waals surface area contributed by atoms with Gasteiger partial charge in [-0.2, -0.15) is 0 Å². The molecule has 2 atom stereocenters. The van der Waals surface area contributed by atoms with Crippen LogP contribution in [0.1, 0.15) is 33.4 Å². The molecule has 0 heterocycles. The van der Waals surface area contributed by atoms with Gasteiger partial charge >= 0.3 is 0 Å². The molecule has 0 radical (unpaired) electrons. The molecule has 0 aliphatic heterocycles. The van der Waals surface area contributed by atoms with Crippen molar-refractivity contribution in [3.8, 4) is 0 Å². The van der Waals surface area contributed by atoms with Crippen molar-refractivity contribution in [2.24, 2.45) is 0 Å². The molecule has 0 saturated carbocycles. The predicted molar refractivity (Wildman–Crippen MR) is 123 cm³/mol. The maximum atomic E-state index is 12.3. The van der Waals surface area contributed by atoms with Gasteiger partial charge in [0, 0.05) is 20.6 Å². The molecule has 4 heteroatoms. The van der Waals surface area contributed by atoms with Crippen LogP contribution in [0, 0.1) is 0 Å². The monoisotopic (exact) mass is 476 g/mol. The largest absolute Gasteiger partial charge is 0.376 e. The van der Waals surface area contributed by atoms with E-state index in [1.165, 1.54) is 0 Å². The van der Waals surface area contributed by atoms with Crippen molar-refractivity contribution in [3.05, 3.63) is 140 Å². The molecule has 5 rings (SSSR count). The van der Waals surface area contributed by atoms with E-state index < -0.39 is 11.2 Å². The van der Waals surface area contributed by atoms with Crippen molar-refractivity contribution < 1.29 is 10.2 Å². The van der Waals surface area contributed by atoms with E-state index in [4.69, 9.17) is 11.6 Å². The molecule has 0 fully saturated rings. The Kier molecular flexibility index (Phi) is 4.60. The molecule has 1 aliphatic carbocycles. The molecule has 4 aromatic rings. The van der Waals surface area contributed by atoms with Crippen molar-refractivity contribution >= 4 is 27.5 Å². The minimum absolute atomic E-state index is 0.499. The molecule has 0 aromatic heterocycles. The highest BCUT2D eigenvalue weighted by Gasteiger charge is 2.51. The number of rotatable bonds is 2. The van der Waals surface area contributed by atoms with Gasteiger partial charge in [-0.25, -0.2) is 0 Å². The quantitative estimate of drug-likeness (QED) is 0.373. The molecule has 30 heavy (non-hydrogen) atoms. The van der Waals surface area contributed by atoms with Gasteiger partial charge in [0.25, 0.3) is 0 Å². The smallest absolute Gasteiger partial charge is 0.141 e. The number of aliphatic hydroxyl groups is 2. The Morgan fingerprint density at radius 1 is 0.567 bits per heavy atom. The van der Waals surface area contributed by atoms with Crippen molar-refractivity contribution in [1.82, 2.24) is 0 Å². The van der Waals surface area contributed by atoms with Crippen LogP contribution >= 0.6 is 27.5 Å². The normalized spacial score (nSPS) is 22.3. The molecule has 148 valence electrons. The second-order valence-electron chi connectivity index (χ2n) is 7.53. The second kappa shape index (κ2) is 7.07. The number of hydrogen-bond donors (Lipinski definition) is 2. The second-order valence-corrected chi connectivity index (χ2v) is 8.88. The Labute approximate surface area is 188 Å². The van der Waals surface area contributed by atoms with Crippen molar-refractivity contribution in [2.45, 2.75) is 11.2 Å². The van der Waals surface area contributed by atoms with E-state index in [2.05, 4.69) is 15.9 Å². The van der Waals surface area contributed by atoms with Crippen LogP contribution in [0.3, 0.4) is 0 Å². The molecular formula is C26H18BrClO2. The summed E-state index contributed by atoms with van der Waals surface area (Å²) < 4.78 is 0.823. The average molecular weight is 478 g/mol. The number of benzene rings is 4. The standard InChI is InChI=1S/C26H18BrClO2/c27-19-11-13-21-23(15-19)25(29,17-7-3-1-4-8-17)22-14-12-20(28)16-24(22)26(21,30)18-9-5-2-6-10-18/h1-16,29-30H. The highest BCUT2D eigenvalue weighted by Crippen LogP contribution is 2.53. The van der Waals surface area contributed by atoms with Crippen LogP contribution in [0.4, 0.5) is 0 Å². The van der Waals surface area contributed by atoms with Gasteiger partial charge in [-0.15, -0.1) is 0 Å². The molecule has 0 bridgehead atoms. The van der Waals surface area contributed by atoms with E-state index in [0.29, 0.717) is 32.8 Å². The van der Waals surface area contributed by atoms with Crippen LogP contribution in [0.5, 0.6) is 0 Å². The van der Waals surface area contributed by atoms with Gasteiger partial charge in [-0.3, -0.25) is 0 Å². The zero-order valence-electron chi connectivity index (χ0n) is 15.9. The van der Waals surface area contributed by atoms with E-state index >= 15 is 0 Å². The fourth-order valence-electron chi connectivity index (χ4n) is 4.53. The molecule has 4 aromatic carbocycles. The van der Waals surface area contributed by atoms with Gasteiger partial charge in [0.1, 0.15) is 11.2 Å². The summed E-state index contributed by atoms with van der Waals surface area (Å²) in [4.78, 5) is 0. The maximum Gasteiger partial charge on any atom is 0.141 e. The average Bonchev–Trinajstić information content (AvgIpc) is 2.78. The van der Waals surface area contributed by atoms with Crippen LogP contribution in [0.15, 0.2) is 102 Å². The summed E-state index contributed by atoms with van der Waals surface area (Å²) in [6.07, 6.45) is 0. The minimum atomic E-state index is -1.46. The fraction of sp³-hybridized carbons (Fsp3) is 0.0769. The Hall–Kier alpha value is -2.43. The summed E-state index contributed by atoms with van der Waals surface area (Å²) in [7, 11) is 0. The molecule has 0 saturated heterocycles. The molecule has 2 unspecified atom stereocenters. The molecular weight excluding hydrogens is 460 g/mol. The molecule has 2 N–H and O–H groups in total. The van der Waals surface area contributed by atoms with Gasteiger partial charge in [0.2, 0.25) is 0 Å². The Balaban J connectivity index is 1.95. The lowest BCUT2D eigenvalue weighted by Gasteiger charge is -2.45. The van der Waals surface area contributed by atoms with Gasteiger partial charge in [-0.1, -0.05) is 100 Å². The first-order chi connectivity index (χ1) is 14.5. The molecule has 2 nitrogen and oxygen atoms in total. The first kappa shape index (κ1) is 19.5. The van der Waals surface area contributed by atoms with Gasteiger partial charge in [0.05, 0.1) is 0 Å². The summed E-state index contributed by atoms with van der Waals surface area (Å²) in [6.45, 7) is 0. The van der Waals surface area contributed by atoms with Crippen molar-refractivity contribution in [2.75, 3.05) is 0 Å². The maximum absolute atomic E-state index is 12.3. The zero-order valence-corrected chi connectivity index (χ0v) is 18.2. The lowest BCUT2D eigenvalue weighted by atomic mass is 9.63. The topological polar surface area (TPSA) is 40.5 Å². The Morgan fingerprint density at radius 2 is 1.03 bits per heavy atom. The van der Waals surface area contributed by atoms with Crippen molar-refractivity contribution in [1.29, 1.82) is 0 Å². The third kappa shape index (κ3) is 2.70. The zero-order chi connectivity index (χ0) is 20.9.